The van der Waals surface area contributed by atoms with E-state index < -0.39 is 38.4 Å². The summed E-state index contributed by atoms with van der Waals surface area (Å²) in [7, 11) is -5.65. The molecule has 0 bridgehead atoms. The van der Waals surface area contributed by atoms with Crippen LogP contribution >= 0.6 is 0 Å². The van der Waals surface area contributed by atoms with Crippen molar-refractivity contribution in [3.8, 4) is 5.75 Å². The number of nitrogens with zero attached hydrogens (tertiary/aromatic N) is 1. The van der Waals surface area contributed by atoms with Crippen LogP contribution in [0, 0.1) is 6.92 Å². The fourth-order valence-electron chi connectivity index (χ4n) is 3.11. The van der Waals surface area contributed by atoms with Gasteiger partial charge in [-0.2, -0.15) is 0 Å². The summed E-state index contributed by atoms with van der Waals surface area (Å²) >= 11 is 0. The molecule has 1 atom stereocenters. The van der Waals surface area contributed by atoms with Crippen molar-refractivity contribution < 1.29 is 26.4 Å². The van der Waals surface area contributed by atoms with Crippen molar-refractivity contribution >= 4 is 31.5 Å². The third-order valence-electron chi connectivity index (χ3n) is 4.74. The maximum Gasteiger partial charge on any atom is 0.241 e. The fraction of sp³-hybridized carbons (Fsp3) is 0.381. The second kappa shape index (κ2) is 9.69. The van der Waals surface area contributed by atoms with Gasteiger partial charge in [0.2, 0.25) is 15.9 Å². The zero-order chi connectivity index (χ0) is 23.4. The van der Waals surface area contributed by atoms with Crippen LogP contribution in [0.5, 0.6) is 5.75 Å². The molecule has 1 amide bonds. The molecule has 2 aromatic carbocycles. The summed E-state index contributed by atoms with van der Waals surface area (Å²) in [5, 5.41) is 2.83. The van der Waals surface area contributed by atoms with Crippen LogP contribution in [0.4, 0.5) is 5.69 Å². The van der Waals surface area contributed by atoms with E-state index in [0.29, 0.717) is 12.2 Å². The van der Waals surface area contributed by atoms with Crippen LogP contribution in [-0.4, -0.2) is 48.9 Å². The van der Waals surface area contributed by atoms with Crippen molar-refractivity contribution in [3.63, 3.8) is 0 Å². The average molecular weight is 469 g/mol. The van der Waals surface area contributed by atoms with Gasteiger partial charge >= 0.3 is 0 Å². The van der Waals surface area contributed by atoms with Crippen molar-refractivity contribution in [2.24, 2.45) is 0 Å². The van der Waals surface area contributed by atoms with Gasteiger partial charge in [0.1, 0.15) is 12.3 Å². The summed E-state index contributed by atoms with van der Waals surface area (Å²) in [6.45, 7) is 3.26. The van der Waals surface area contributed by atoms with Crippen LogP contribution in [0.3, 0.4) is 0 Å². The quantitative estimate of drug-likeness (QED) is 0.605. The molecule has 2 rings (SSSR count). The Balaban J connectivity index is 2.27. The number of methoxy groups -OCH3 is 1. The second-order valence-corrected chi connectivity index (χ2v) is 11.2. The molecule has 170 valence electrons. The Kier molecular flexibility index (Phi) is 7.72. The van der Waals surface area contributed by atoms with Gasteiger partial charge in [-0.05, 0) is 48.7 Å². The van der Waals surface area contributed by atoms with E-state index in [2.05, 4.69) is 5.32 Å². The topological polar surface area (TPSA) is 110 Å². The first-order valence-corrected chi connectivity index (χ1v) is 13.3. The minimum Gasteiger partial charge on any atom is -0.495 e. The van der Waals surface area contributed by atoms with E-state index in [0.717, 1.165) is 27.9 Å². The number of rotatable bonds is 9. The molecular formula is C21H28N2O6S2. The number of benzene rings is 2. The number of hydrogen-bond acceptors (Lipinski definition) is 6. The molecule has 2 aromatic rings. The lowest BCUT2D eigenvalue weighted by Crippen LogP contribution is -2.41. The molecule has 0 saturated heterocycles. The highest BCUT2D eigenvalue weighted by molar-refractivity contribution is 7.92. The first-order valence-electron chi connectivity index (χ1n) is 9.58. The summed E-state index contributed by atoms with van der Waals surface area (Å²) in [6.07, 6.45) is 2.69. The minimum absolute atomic E-state index is 0.187. The van der Waals surface area contributed by atoms with Gasteiger partial charge in [0.15, 0.2) is 9.84 Å². The standard InChI is InChI=1S/C21H28N2O6S2/c1-6-18(16-8-10-17(11-9-16)30(4,25)26)22-21(24)14-23(31(5,27)28)19-13-15(2)7-12-20(19)29-3/h7-13,18H,6,14H2,1-5H3,(H,22,24). The molecule has 0 aliphatic carbocycles. The van der Waals surface area contributed by atoms with E-state index in [1.54, 1.807) is 30.3 Å². The Labute approximate surface area is 184 Å². The smallest absolute Gasteiger partial charge is 0.241 e. The maximum absolute atomic E-state index is 12.8. The Hall–Kier alpha value is -2.59. The van der Waals surface area contributed by atoms with Gasteiger partial charge in [-0.3, -0.25) is 9.10 Å². The molecule has 31 heavy (non-hydrogen) atoms. The van der Waals surface area contributed by atoms with Gasteiger partial charge in [0.25, 0.3) is 0 Å². The predicted molar refractivity (Wildman–Crippen MR) is 121 cm³/mol. The van der Waals surface area contributed by atoms with Gasteiger partial charge < -0.3 is 10.1 Å². The van der Waals surface area contributed by atoms with Crippen molar-refractivity contribution in [2.75, 3.05) is 30.5 Å². The summed E-state index contributed by atoms with van der Waals surface area (Å²) in [6, 6.07) is 10.9. The number of nitrogens with one attached hydrogen (secondary N) is 1. The van der Waals surface area contributed by atoms with Gasteiger partial charge in [0, 0.05) is 6.26 Å². The Morgan fingerprint density at radius 3 is 2.16 bits per heavy atom. The second-order valence-electron chi connectivity index (χ2n) is 7.31. The number of hydrogen-bond donors (Lipinski definition) is 1. The number of ether oxygens (including phenoxy) is 1. The van der Waals surface area contributed by atoms with Crippen LogP contribution in [0.2, 0.25) is 0 Å². The number of carbonyl (C=O) groups is 1. The first kappa shape index (κ1) is 24.7. The Morgan fingerprint density at radius 2 is 1.68 bits per heavy atom. The third-order valence-corrected chi connectivity index (χ3v) is 7.00. The highest BCUT2D eigenvalue weighted by Gasteiger charge is 2.25. The molecule has 0 saturated carbocycles. The molecule has 1 N–H and O–H groups in total. The lowest BCUT2D eigenvalue weighted by molar-refractivity contribution is -0.120. The van der Waals surface area contributed by atoms with E-state index in [1.807, 2.05) is 13.8 Å². The number of sulfonamides is 1. The molecule has 0 radical (unpaired) electrons. The van der Waals surface area contributed by atoms with E-state index in [-0.39, 0.29) is 10.6 Å². The highest BCUT2D eigenvalue weighted by atomic mass is 32.2. The van der Waals surface area contributed by atoms with Gasteiger partial charge in [-0.25, -0.2) is 16.8 Å². The molecule has 8 nitrogen and oxygen atoms in total. The van der Waals surface area contributed by atoms with E-state index in [9.17, 15) is 21.6 Å². The molecule has 1 unspecified atom stereocenters. The van der Waals surface area contributed by atoms with Crippen LogP contribution in [-0.2, 0) is 24.7 Å². The van der Waals surface area contributed by atoms with Crippen molar-refractivity contribution in [2.45, 2.75) is 31.2 Å². The molecule has 0 aliphatic heterocycles. The predicted octanol–water partition coefficient (Wildman–Crippen LogP) is 2.44. The van der Waals surface area contributed by atoms with Crippen LogP contribution in [0.15, 0.2) is 47.4 Å². The monoisotopic (exact) mass is 468 g/mol. The molecule has 0 heterocycles. The largest absolute Gasteiger partial charge is 0.495 e. The lowest BCUT2D eigenvalue weighted by atomic mass is 10.0. The van der Waals surface area contributed by atoms with Crippen LogP contribution in [0.25, 0.3) is 0 Å². The zero-order valence-electron chi connectivity index (χ0n) is 18.2. The molecule has 0 fully saturated rings. The summed E-state index contributed by atoms with van der Waals surface area (Å²) in [4.78, 5) is 13.0. The maximum atomic E-state index is 12.8. The molecule has 0 aliphatic rings. The zero-order valence-corrected chi connectivity index (χ0v) is 19.9. The van der Waals surface area contributed by atoms with E-state index in [1.165, 1.54) is 19.2 Å². The van der Waals surface area contributed by atoms with Gasteiger partial charge in [-0.1, -0.05) is 25.1 Å². The summed E-state index contributed by atoms with van der Waals surface area (Å²) in [5.74, 6) is -0.153. The van der Waals surface area contributed by atoms with Crippen molar-refractivity contribution in [1.82, 2.24) is 5.32 Å². The van der Waals surface area contributed by atoms with Gasteiger partial charge in [-0.15, -0.1) is 0 Å². The van der Waals surface area contributed by atoms with Crippen LogP contribution < -0.4 is 14.4 Å². The normalized spacial score (nSPS) is 12.8. The summed E-state index contributed by atoms with van der Waals surface area (Å²) < 4.78 is 54.5. The van der Waals surface area contributed by atoms with E-state index in [4.69, 9.17) is 4.74 Å². The van der Waals surface area contributed by atoms with Crippen molar-refractivity contribution in [3.05, 3.63) is 53.6 Å². The number of sulfone groups is 1. The lowest BCUT2D eigenvalue weighted by Gasteiger charge is -2.25. The number of carbonyl (C=O) groups excluding carboxylic acids is 1. The fourth-order valence-corrected chi connectivity index (χ4v) is 4.60. The number of amides is 1. The highest BCUT2D eigenvalue weighted by Crippen LogP contribution is 2.31. The molecule has 0 spiro atoms. The molecule has 10 heteroatoms. The Morgan fingerprint density at radius 1 is 1.06 bits per heavy atom. The van der Waals surface area contributed by atoms with Gasteiger partial charge in [0.05, 0.1) is 30.0 Å². The first-order chi connectivity index (χ1) is 14.4. The molecular weight excluding hydrogens is 440 g/mol. The van der Waals surface area contributed by atoms with Crippen molar-refractivity contribution in [1.29, 1.82) is 0 Å². The molecule has 0 aromatic heterocycles. The average Bonchev–Trinajstić information content (AvgIpc) is 2.69. The van der Waals surface area contributed by atoms with Crippen LogP contribution in [0.1, 0.15) is 30.5 Å². The third kappa shape index (κ3) is 6.44. The number of aryl methyl sites for hydroxylation is 1. The minimum atomic E-state index is -3.77. The SMILES string of the molecule is CCC(NC(=O)CN(c1cc(C)ccc1OC)S(C)(=O)=O)c1ccc(S(C)(=O)=O)cc1. The van der Waals surface area contributed by atoms with E-state index >= 15 is 0 Å². The number of anilines is 1. The summed E-state index contributed by atoms with van der Waals surface area (Å²) in [5.41, 5.74) is 1.83. The Bertz CT molecular complexity index is 1140.